The number of ether oxygens (including phenoxy) is 1. The van der Waals surface area contributed by atoms with Gasteiger partial charge < -0.3 is 4.74 Å². The van der Waals surface area contributed by atoms with Gasteiger partial charge in [-0.1, -0.05) is 27.7 Å². The van der Waals surface area contributed by atoms with Crippen molar-refractivity contribution in [2.45, 2.75) is 59.3 Å². The highest BCUT2D eigenvalue weighted by atomic mass is 16.5. The molecule has 1 saturated heterocycles. The van der Waals surface area contributed by atoms with E-state index in [0.29, 0.717) is 18.8 Å². The van der Waals surface area contributed by atoms with Gasteiger partial charge in [-0.2, -0.15) is 0 Å². The normalized spacial score (nSPS) is 33.1. The predicted molar refractivity (Wildman–Crippen MR) is 62.7 cm³/mol. The summed E-state index contributed by atoms with van der Waals surface area (Å²) in [4.78, 5) is 15.0. The zero-order chi connectivity index (χ0) is 12.3. The topological polar surface area (TPSA) is 30.7 Å². The summed E-state index contributed by atoms with van der Waals surface area (Å²) in [5, 5.41) is 0. The SMILES string of the molecule is [C-]#[N+][C@@H]1C[C@@H](C)C(C)(C)[C@@H](CC(=O)CC)O1. The van der Waals surface area contributed by atoms with Crippen LogP contribution in [-0.4, -0.2) is 18.1 Å². The van der Waals surface area contributed by atoms with E-state index < -0.39 is 0 Å². The minimum Gasteiger partial charge on any atom is -0.306 e. The first-order valence-corrected chi connectivity index (χ1v) is 5.95. The molecule has 3 atom stereocenters. The van der Waals surface area contributed by atoms with Crippen molar-refractivity contribution < 1.29 is 9.53 Å². The van der Waals surface area contributed by atoms with Crippen LogP contribution in [0.5, 0.6) is 0 Å². The molecule has 1 aliphatic heterocycles. The van der Waals surface area contributed by atoms with Gasteiger partial charge in [-0.05, 0) is 11.3 Å². The van der Waals surface area contributed by atoms with Crippen LogP contribution < -0.4 is 0 Å². The number of hydrogen-bond acceptors (Lipinski definition) is 2. The zero-order valence-electron chi connectivity index (χ0n) is 10.6. The van der Waals surface area contributed by atoms with E-state index in [9.17, 15) is 4.79 Å². The first-order chi connectivity index (χ1) is 7.41. The molecule has 90 valence electrons. The average Bonchev–Trinajstić information content (AvgIpc) is 2.24. The van der Waals surface area contributed by atoms with E-state index in [1.807, 2.05) is 6.92 Å². The molecule has 3 nitrogen and oxygen atoms in total. The molecule has 0 bridgehead atoms. The Hall–Kier alpha value is -0.880. The summed E-state index contributed by atoms with van der Waals surface area (Å²) in [6, 6.07) is 0. The van der Waals surface area contributed by atoms with Crippen molar-refractivity contribution in [2.75, 3.05) is 0 Å². The Balaban J connectivity index is 2.78. The van der Waals surface area contributed by atoms with Gasteiger partial charge in [0.15, 0.2) is 0 Å². The minimum atomic E-state index is -0.363. The van der Waals surface area contributed by atoms with E-state index in [0.717, 1.165) is 6.42 Å². The van der Waals surface area contributed by atoms with Crippen molar-refractivity contribution in [3.8, 4) is 0 Å². The van der Waals surface area contributed by atoms with E-state index in [1.165, 1.54) is 0 Å². The molecule has 0 amide bonds. The van der Waals surface area contributed by atoms with Gasteiger partial charge in [0.05, 0.1) is 12.5 Å². The van der Waals surface area contributed by atoms with E-state index in [-0.39, 0.29) is 23.5 Å². The highest BCUT2D eigenvalue weighted by Gasteiger charge is 2.45. The first-order valence-electron chi connectivity index (χ1n) is 5.95. The largest absolute Gasteiger partial charge is 0.328 e. The number of nitrogens with zero attached hydrogens (tertiary/aromatic N) is 1. The fourth-order valence-corrected chi connectivity index (χ4v) is 2.09. The molecule has 0 aliphatic carbocycles. The highest BCUT2D eigenvalue weighted by Crippen LogP contribution is 2.42. The van der Waals surface area contributed by atoms with Gasteiger partial charge in [0.1, 0.15) is 5.78 Å². The number of carbonyl (C=O) groups excluding carboxylic acids is 1. The lowest BCUT2D eigenvalue weighted by Gasteiger charge is -2.43. The van der Waals surface area contributed by atoms with Crippen LogP contribution in [0.4, 0.5) is 0 Å². The van der Waals surface area contributed by atoms with Crippen LogP contribution in [0, 0.1) is 17.9 Å². The third-order valence-electron chi connectivity index (χ3n) is 3.93. The number of Topliss-reactive ketones (excluding diaryl/α,β-unsaturated/α-hetero) is 1. The van der Waals surface area contributed by atoms with E-state index >= 15 is 0 Å². The lowest BCUT2D eigenvalue weighted by molar-refractivity contribution is -0.144. The number of ketones is 1. The van der Waals surface area contributed by atoms with E-state index in [1.54, 1.807) is 0 Å². The van der Waals surface area contributed by atoms with Crippen molar-refractivity contribution in [2.24, 2.45) is 11.3 Å². The zero-order valence-corrected chi connectivity index (χ0v) is 10.6. The number of carbonyl (C=O) groups is 1. The average molecular weight is 223 g/mol. The second-order valence-corrected chi connectivity index (χ2v) is 5.26. The third kappa shape index (κ3) is 2.62. The fraction of sp³-hybridized carbons (Fsp3) is 0.846. The van der Waals surface area contributed by atoms with Crippen LogP contribution in [0.3, 0.4) is 0 Å². The molecule has 0 spiro atoms. The summed E-state index contributed by atoms with van der Waals surface area (Å²) >= 11 is 0. The first kappa shape index (κ1) is 13.2. The Morgan fingerprint density at radius 2 is 2.19 bits per heavy atom. The lowest BCUT2D eigenvalue weighted by atomic mass is 9.70. The summed E-state index contributed by atoms with van der Waals surface area (Å²) in [5.41, 5.74) is -0.0218. The third-order valence-corrected chi connectivity index (χ3v) is 3.93. The Bertz CT molecular complexity index is 304. The van der Waals surface area contributed by atoms with Crippen LogP contribution in [-0.2, 0) is 9.53 Å². The Morgan fingerprint density at radius 1 is 1.56 bits per heavy atom. The van der Waals surface area contributed by atoms with Crippen LogP contribution >= 0.6 is 0 Å². The molecule has 1 fully saturated rings. The highest BCUT2D eigenvalue weighted by molar-refractivity contribution is 5.78. The summed E-state index contributed by atoms with van der Waals surface area (Å²) in [5.74, 6) is 0.630. The second kappa shape index (κ2) is 4.97. The monoisotopic (exact) mass is 223 g/mol. The van der Waals surface area contributed by atoms with Crippen LogP contribution in [0.25, 0.3) is 4.85 Å². The van der Waals surface area contributed by atoms with E-state index in [2.05, 4.69) is 25.6 Å². The van der Waals surface area contributed by atoms with Gasteiger partial charge in [-0.15, -0.1) is 0 Å². The van der Waals surface area contributed by atoms with E-state index in [4.69, 9.17) is 11.3 Å². The van der Waals surface area contributed by atoms with Crippen molar-refractivity contribution in [1.82, 2.24) is 0 Å². The number of hydrogen-bond donors (Lipinski definition) is 0. The quantitative estimate of drug-likeness (QED) is 0.688. The maximum atomic E-state index is 11.5. The fourth-order valence-electron chi connectivity index (χ4n) is 2.09. The van der Waals surface area contributed by atoms with Gasteiger partial charge in [0.2, 0.25) is 0 Å². The molecule has 0 radical (unpaired) electrons. The molecular formula is C13H21NO2. The number of rotatable bonds is 3. The molecule has 0 aromatic carbocycles. The Labute approximate surface area is 98.0 Å². The van der Waals surface area contributed by atoms with Gasteiger partial charge in [0.25, 0.3) is 0 Å². The summed E-state index contributed by atoms with van der Waals surface area (Å²) in [6.07, 6.45) is 1.29. The van der Waals surface area contributed by atoms with Gasteiger partial charge in [0, 0.05) is 12.8 Å². The maximum Gasteiger partial charge on any atom is 0.328 e. The summed E-state index contributed by atoms with van der Waals surface area (Å²) in [6.45, 7) is 15.3. The molecule has 0 N–H and O–H groups in total. The molecule has 3 heteroatoms. The van der Waals surface area contributed by atoms with Crippen molar-refractivity contribution >= 4 is 5.78 Å². The summed E-state index contributed by atoms with van der Waals surface area (Å²) < 4.78 is 5.72. The lowest BCUT2D eigenvalue weighted by Crippen LogP contribution is -2.46. The Morgan fingerprint density at radius 3 is 2.69 bits per heavy atom. The molecule has 0 saturated carbocycles. The summed E-state index contributed by atoms with van der Waals surface area (Å²) in [7, 11) is 0. The van der Waals surface area contributed by atoms with Crippen molar-refractivity contribution in [3.05, 3.63) is 11.4 Å². The standard InChI is InChI=1S/C13H21NO2/c1-6-10(15)8-11-13(3,4)9(2)7-12(14-5)16-11/h9,11-12H,6-8H2,1-4H3/t9-,11-,12+/m1/s1. The molecule has 16 heavy (non-hydrogen) atoms. The van der Waals surface area contributed by atoms with Gasteiger partial charge in [-0.3, -0.25) is 9.64 Å². The molecule has 0 aromatic rings. The van der Waals surface area contributed by atoms with Gasteiger partial charge >= 0.3 is 6.23 Å². The molecule has 1 rings (SSSR count). The molecule has 0 aromatic heterocycles. The predicted octanol–water partition coefficient (Wildman–Crippen LogP) is 3.05. The molecule has 0 unspecified atom stereocenters. The minimum absolute atomic E-state index is 0.0218. The molecule has 1 aliphatic rings. The van der Waals surface area contributed by atoms with Crippen LogP contribution in [0.15, 0.2) is 0 Å². The van der Waals surface area contributed by atoms with Crippen LogP contribution in [0.2, 0.25) is 0 Å². The maximum absolute atomic E-state index is 11.5. The smallest absolute Gasteiger partial charge is 0.306 e. The van der Waals surface area contributed by atoms with Crippen molar-refractivity contribution in [1.29, 1.82) is 0 Å². The van der Waals surface area contributed by atoms with Crippen molar-refractivity contribution in [3.63, 3.8) is 0 Å². The van der Waals surface area contributed by atoms with Crippen LogP contribution in [0.1, 0.15) is 47.0 Å². The van der Waals surface area contributed by atoms with Gasteiger partial charge in [-0.25, -0.2) is 6.57 Å². The molecule has 1 heterocycles. The Kier molecular flexibility index (Phi) is 4.09. The second-order valence-electron chi connectivity index (χ2n) is 5.26. The molecular weight excluding hydrogens is 202 g/mol.